The lowest BCUT2D eigenvalue weighted by atomic mass is 10.3. The molecule has 0 saturated carbocycles. The van der Waals surface area contributed by atoms with Crippen LogP contribution < -0.4 is 0 Å². The van der Waals surface area contributed by atoms with Crippen LogP contribution in [0.4, 0.5) is 13.2 Å². The quantitative estimate of drug-likeness (QED) is 0.794. The summed E-state index contributed by atoms with van der Waals surface area (Å²) in [5.41, 5.74) is 0.784. The van der Waals surface area contributed by atoms with Crippen LogP contribution in [-0.2, 0) is 6.42 Å². The Labute approximate surface area is 81.6 Å². The van der Waals surface area contributed by atoms with E-state index in [2.05, 4.69) is 9.97 Å². The lowest BCUT2D eigenvalue weighted by molar-refractivity contribution is -0.134. The summed E-state index contributed by atoms with van der Waals surface area (Å²) in [5.74, 6) is 0.393. The molecule has 0 aromatic carbocycles. The molecule has 14 heavy (non-hydrogen) atoms. The predicted octanol–water partition coefficient (Wildman–Crippen LogP) is 3.24. The summed E-state index contributed by atoms with van der Waals surface area (Å²) < 4.78 is 35.1. The first-order valence-corrected chi connectivity index (χ1v) is 4.54. The number of rotatable bonds is 2. The summed E-state index contributed by atoms with van der Waals surface area (Å²) in [5, 5.41) is 0. The second-order valence-corrected chi connectivity index (χ2v) is 2.63. The van der Waals surface area contributed by atoms with E-state index in [1.165, 1.54) is 6.20 Å². The van der Waals surface area contributed by atoms with Gasteiger partial charge in [0.05, 0.1) is 6.42 Å². The lowest BCUT2D eigenvalue weighted by Crippen LogP contribution is -2.09. The van der Waals surface area contributed by atoms with Gasteiger partial charge < -0.3 is 4.98 Å². The highest BCUT2D eigenvalue weighted by Gasteiger charge is 2.26. The van der Waals surface area contributed by atoms with Crippen LogP contribution in [0.2, 0.25) is 0 Å². The zero-order valence-corrected chi connectivity index (χ0v) is 8.57. The van der Waals surface area contributed by atoms with Crippen LogP contribution in [0.3, 0.4) is 0 Å². The third-order valence-corrected chi connectivity index (χ3v) is 1.40. The van der Waals surface area contributed by atoms with Crippen LogP contribution in [0.25, 0.3) is 0 Å². The highest BCUT2D eigenvalue weighted by Crippen LogP contribution is 2.20. The molecule has 1 heterocycles. The van der Waals surface area contributed by atoms with E-state index < -0.39 is 12.6 Å². The Bertz CT molecular complexity index is 253. The Balaban J connectivity index is 0.000000791. The second-order valence-electron chi connectivity index (χ2n) is 2.63. The number of aromatic nitrogens is 2. The van der Waals surface area contributed by atoms with Crippen molar-refractivity contribution < 1.29 is 13.2 Å². The molecule has 1 N–H and O–H groups in total. The van der Waals surface area contributed by atoms with E-state index in [1.807, 2.05) is 13.8 Å². The molecule has 5 heteroatoms. The second kappa shape index (κ2) is 5.67. The van der Waals surface area contributed by atoms with Gasteiger partial charge in [0.1, 0.15) is 5.82 Å². The minimum atomic E-state index is -4.10. The summed E-state index contributed by atoms with van der Waals surface area (Å²) in [6, 6.07) is 0. The highest BCUT2D eigenvalue weighted by molar-refractivity contribution is 4.98. The fourth-order valence-corrected chi connectivity index (χ4v) is 0.854. The molecule has 1 rings (SSSR count). The molecule has 0 unspecified atom stereocenters. The molecule has 0 amide bonds. The van der Waals surface area contributed by atoms with E-state index in [4.69, 9.17) is 0 Å². The minimum absolute atomic E-state index is 0.0721. The molecule has 0 aliphatic rings. The molecule has 0 spiro atoms. The normalized spacial score (nSPS) is 10.7. The molecular weight excluding hydrogens is 193 g/mol. The number of H-pyrrole nitrogens is 1. The summed E-state index contributed by atoms with van der Waals surface area (Å²) in [4.78, 5) is 6.50. The van der Waals surface area contributed by atoms with Crippen molar-refractivity contribution in [3.05, 3.63) is 17.7 Å². The highest BCUT2D eigenvalue weighted by atomic mass is 19.4. The van der Waals surface area contributed by atoms with E-state index >= 15 is 0 Å². The van der Waals surface area contributed by atoms with Gasteiger partial charge in [0.15, 0.2) is 0 Å². The Morgan fingerprint density at radius 1 is 1.36 bits per heavy atom. The standard InChI is InChI=1S/C7H9F3N2.C2H6/c1-5-4-11-6(12-5)2-3-7(8,9)10;1-2/h4H,2-3H2,1H3,(H,11,12);1-2H3. The average molecular weight is 208 g/mol. The van der Waals surface area contributed by atoms with E-state index in [0.717, 1.165) is 5.69 Å². The smallest absolute Gasteiger partial charge is 0.346 e. The van der Waals surface area contributed by atoms with Gasteiger partial charge in [-0.2, -0.15) is 13.2 Å². The molecule has 0 bridgehead atoms. The molecule has 1 aromatic heterocycles. The molecular formula is C9H15F3N2. The largest absolute Gasteiger partial charge is 0.389 e. The lowest BCUT2D eigenvalue weighted by Gasteiger charge is -2.02. The van der Waals surface area contributed by atoms with E-state index in [9.17, 15) is 13.2 Å². The third-order valence-electron chi connectivity index (χ3n) is 1.40. The molecule has 0 saturated heterocycles. The fraction of sp³-hybridized carbons (Fsp3) is 0.667. The van der Waals surface area contributed by atoms with Crippen LogP contribution in [0.1, 0.15) is 31.8 Å². The van der Waals surface area contributed by atoms with Gasteiger partial charge in [0.25, 0.3) is 0 Å². The number of aryl methyl sites for hydroxylation is 2. The van der Waals surface area contributed by atoms with Gasteiger partial charge in [-0.15, -0.1) is 0 Å². The number of nitrogens with one attached hydrogen (secondary N) is 1. The van der Waals surface area contributed by atoms with Gasteiger partial charge in [0, 0.05) is 18.3 Å². The van der Waals surface area contributed by atoms with Crippen molar-refractivity contribution in [3.63, 3.8) is 0 Å². The van der Waals surface area contributed by atoms with E-state index in [1.54, 1.807) is 6.92 Å². The zero-order valence-electron chi connectivity index (χ0n) is 8.57. The van der Waals surface area contributed by atoms with Crippen molar-refractivity contribution in [2.75, 3.05) is 0 Å². The molecule has 1 aromatic rings. The van der Waals surface area contributed by atoms with Crippen molar-refractivity contribution in [1.29, 1.82) is 0 Å². The Morgan fingerprint density at radius 2 is 1.93 bits per heavy atom. The number of alkyl halides is 3. The van der Waals surface area contributed by atoms with Crippen LogP contribution >= 0.6 is 0 Å². The maximum absolute atomic E-state index is 11.7. The number of imidazole rings is 1. The van der Waals surface area contributed by atoms with Crippen molar-refractivity contribution in [2.45, 2.75) is 39.8 Å². The number of hydrogen-bond donors (Lipinski definition) is 1. The van der Waals surface area contributed by atoms with Crippen LogP contribution in [0.5, 0.6) is 0 Å². The summed E-state index contributed by atoms with van der Waals surface area (Å²) >= 11 is 0. The first-order chi connectivity index (χ1) is 6.47. The summed E-state index contributed by atoms with van der Waals surface area (Å²) in [7, 11) is 0. The van der Waals surface area contributed by atoms with Crippen LogP contribution in [0, 0.1) is 6.92 Å². The maximum atomic E-state index is 11.7. The molecule has 0 radical (unpaired) electrons. The Hall–Kier alpha value is -1.00. The average Bonchev–Trinajstić information content (AvgIpc) is 2.50. The summed E-state index contributed by atoms with van der Waals surface area (Å²) in [6.45, 7) is 5.75. The maximum Gasteiger partial charge on any atom is 0.389 e. The van der Waals surface area contributed by atoms with E-state index in [0.29, 0.717) is 5.82 Å². The SMILES string of the molecule is CC.Cc1cnc(CCC(F)(F)F)[nH]1. The molecule has 82 valence electrons. The van der Waals surface area contributed by atoms with Gasteiger partial charge in [-0.05, 0) is 6.92 Å². The van der Waals surface area contributed by atoms with Crippen LogP contribution in [0.15, 0.2) is 6.20 Å². The van der Waals surface area contributed by atoms with Gasteiger partial charge in [-0.1, -0.05) is 13.8 Å². The minimum Gasteiger partial charge on any atom is -0.346 e. The Kier molecular flexibility index (Phi) is 5.27. The topological polar surface area (TPSA) is 28.7 Å². The number of nitrogens with zero attached hydrogens (tertiary/aromatic N) is 1. The molecule has 0 aliphatic carbocycles. The molecule has 0 fully saturated rings. The Morgan fingerprint density at radius 3 is 2.29 bits per heavy atom. The predicted molar refractivity (Wildman–Crippen MR) is 49.0 cm³/mol. The molecule has 2 nitrogen and oxygen atoms in total. The summed E-state index contributed by atoms with van der Waals surface area (Å²) in [6.07, 6.45) is -3.47. The van der Waals surface area contributed by atoms with Crippen molar-refractivity contribution in [1.82, 2.24) is 9.97 Å². The number of hydrogen-bond acceptors (Lipinski definition) is 1. The van der Waals surface area contributed by atoms with Gasteiger partial charge in [-0.25, -0.2) is 4.98 Å². The molecule has 0 aliphatic heterocycles. The van der Waals surface area contributed by atoms with E-state index in [-0.39, 0.29) is 6.42 Å². The first-order valence-electron chi connectivity index (χ1n) is 4.54. The van der Waals surface area contributed by atoms with Crippen molar-refractivity contribution >= 4 is 0 Å². The number of halogens is 3. The third kappa shape index (κ3) is 5.61. The zero-order chi connectivity index (χ0) is 11.2. The fourth-order valence-electron chi connectivity index (χ4n) is 0.854. The van der Waals surface area contributed by atoms with Gasteiger partial charge >= 0.3 is 6.18 Å². The first kappa shape index (κ1) is 13.0. The van der Waals surface area contributed by atoms with Crippen molar-refractivity contribution in [2.24, 2.45) is 0 Å². The van der Waals surface area contributed by atoms with Gasteiger partial charge in [0.2, 0.25) is 0 Å². The van der Waals surface area contributed by atoms with Crippen molar-refractivity contribution in [3.8, 4) is 0 Å². The molecule has 0 atom stereocenters. The van der Waals surface area contributed by atoms with Crippen LogP contribution in [-0.4, -0.2) is 16.1 Å². The number of aromatic amines is 1. The van der Waals surface area contributed by atoms with Gasteiger partial charge in [-0.3, -0.25) is 0 Å². The monoisotopic (exact) mass is 208 g/mol.